The van der Waals surface area contributed by atoms with E-state index in [4.69, 9.17) is 10.3 Å². The lowest BCUT2D eigenvalue weighted by Gasteiger charge is -2.08. The number of nitrogens with zero attached hydrogens (tertiary/aromatic N) is 1. The lowest BCUT2D eigenvalue weighted by Crippen LogP contribution is -2.14. The highest BCUT2D eigenvalue weighted by Gasteiger charge is 2.17. The molecule has 0 bridgehead atoms. The topological polar surface area (TPSA) is 135 Å². The highest BCUT2D eigenvalue weighted by atomic mass is 32.2. The molecule has 3 rings (SSSR count). The molecule has 0 aliphatic carbocycles. The number of nitrogens with one attached hydrogen (secondary N) is 1. The Balaban J connectivity index is 1.88. The molecule has 0 fully saturated rings. The Morgan fingerprint density at radius 2 is 1.77 bits per heavy atom. The molecule has 0 unspecified atom stereocenters. The standard InChI is InChI=1S/C20H16N2O7S/c23-19(21-26)9-4-14-10-11-22(13-14)30(27,28)18-3-1-2-16(12-18)15-5-7-17(8-6-15)29-20(24)25/h1-13,26H,(H,21,23)(H,24,25)/b9-4+. The number of carbonyl (C=O) groups is 2. The van der Waals surface area contributed by atoms with Gasteiger partial charge in [-0.05, 0) is 53.1 Å². The molecule has 2 aromatic carbocycles. The van der Waals surface area contributed by atoms with Crippen LogP contribution in [-0.4, -0.2) is 34.8 Å². The fraction of sp³-hybridized carbons (Fsp3) is 0. The summed E-state index contributed by atoms with van der Waals surface area (Å²) in [7, 11) is -3.89. The largest absolute Gasteiger partial charge is 0.511 e. The minimum Gasteiger partial charge on any atom is -0.449 e. The van der Waals surface area contributed by atoms with Crippen molar-refractivity contribution in [2.75, 3.05) is 0 Å². The number of carboxylic acid groups (broad SMARTS) is 1. The summed E-state index contributed by atoms with van der Waals surface area (Å²) in [6.45, 7) is 0. The van der Waals surface area contributed by atoms with Gasteiger partial charge in [-0.2, -0.15) is 0 Å². The van der Waals surface area contributed by atoms with Crippen LogP contribution < -0.4 is 10.2 Å². The number of rotatable bonds is 6. The van der Waals surface area contributed by atoms with Crippen molar-refractivity contribution in [3.63, 3.8) is 0 Å². The molecule has 0 atom stereocenters. The molecule has 0 spiro atoms. The van der Waals surface area contributed by atoms with Crippen molar-refractivity contribution in [2.24, 2.45) is 0 Å². The van der Waals surface area contributed by atoms with Crippen LogP contribution in [0.1, 0.15) is 5.56 Å². The van der Waals surface area contributed by atoms with Crippen LogP contribution in [-0.2, 0) is 14.8 Å². The first-order valence-electron chi connectivity index (χ1n) is 8.46. The van der Waals surface area contributed by atoms with E-state index in [0.29, 0.717) is 16.7 Å². The Hall–Kier alpha value is -3.89. The monoisotopic (exact) mass is 428 g/mol. The average Bonchev–Trinajstić information content (AvgIpc) is 3.22. The van der Waals surface area contributed by atoms with Gasteiger partial charge < -0.3 is 9.84 Å². The zero-order valence-electron chi connectivity index (χ0n) is 15.3. The summed E-state index contributed by atoms with van der Waals surface area (Å²) in [6.07, 6.45) is 3.67. The second-order valence-corrected chi connectivity index (χ2v) is 7.85. The molecule has 0 saturated carbocycles. The third kappa shape index (κ3) is 4.74. The Kier molecular flexibility index (Phi) is 6.00. The first-order chi connectivity index (χ1) is 14.3. The number of ether oxygens (including phenoxy) is 1. The van der Waals surface area contributed by atoms with Crippen molar-refractivity contribution < 1.29 is 33.1 Å². The van der Waals surface area contributed by atoms with Crippen LogP contribution in [0.2, 0.25) is 0 Å². The molecule has 0 aliphatic rings. The fourth-order valence-electron chi connectivity index (χ4n) is 2.62. The smallest absolute Gasteiger partial charge is 0.449 e. The minimum atomic E-state index is -3.89. The first kappa shape index (κ1) is 20.8. The molecule has 3 N–H and O–H groups in total. The molecule has 0 aliphatic heterocycles. The highest BCUT2D eigenvalue weighted by molar-refractivity contribution is 7.90. The molecule has 1 heterocycles. The quantitative estimate of drug-likeness (QED) is 0.181. The molecule has 0 radical (unpaired) electrons. The van der Waals surface area contributed by atoms with E-state index in [1.54, 1.807) is 24.3 Å². The summed E-state index contributed by atoms with van der Waals surface area (Å²) in [5.41, 5.74) is 3.19. The van der Waals surface area contributed by atoms with Crippen LogP contribution in [0, 0.1) is 0 Å². The van der Waals surface area contributed by atoms with E-state index >= 15 is 0 Å². The zero-order chi connectivity index (χ0) is 21.7. The van der Waals surface area contributed by atoms with Crippen LogP contribution in [0.5, 0.6) is 5.75 Å². The first-order valence-corrected chi connectivity index (χ1v) is 9.90. The van der Waals surface area contributed by atoms with E-state index in [-0.39, 0.29) is 10.6 Å². The van der Waals surface area contributed by atoms with Gasteiger partial charge in [0.1, 0.15) is 5.75 Å². The minimum absolute atomic E-state index is 0.0464. The summed E-state index contributed by atoms with van der Waals surface area (Å²) in [5.74, 6) is -0.587. The number of hydrogen-bond donors (Lipinski definition) is 3. The predicted molar refractivity (Wildman–Crippen MR) is 107 cm³/mol. The lowest BCUT2D eigenvalue weighted by molar-refractivity contribution is -0.124. The summed E-state index contributed by atoms with van der Waals surface area (Å²) in [6, 6.07) is 14.0. The molecule has 3 aromatic rings. The molecular formula is C20H16N2O7S. The number of aromatic nitrogens is 1. The number of benzene rings is 2. The lowest BCUT2D eigenvalue weighted by atomic mass is 10.1. The highest BCUT2D eigenvalue weighted by Crippen LogP contribution is 2.26. The van der Waals surface area contributed by atoms with Gasteiger partial charge in [0, 0.05) is 18.5 Å². The van der Waals surface area contributed by atoms with Gasteiger partial charge in [0.2, 0.25) is 0 Å². The second-order valence-electron chi connectivity index (χ2n) is 6.01. The van der Waals surface area contributed by atoms with Gasteiger partial charge in [0.05, 0.1) is 4.90 Å². The summed E-state index contributed by atoms with van der Waals surface area (Å²) < 4.78 is 31.4. The third-order valence-corrected chi connectivity index (χ3v) is 5.66. The Labute approximate surface area is 171 Å². The van der Waals surface area contributed by atoms with Crippen molar-refractivity contribution in [2.45, 2.75) is 4.90 Å². The fourth-order valence-corrected chi connectivity index (χ4v) is 3.88. The van der Waals surface area contributed by atoms with Crippen molar-refractivity contribution in [3.8, 4) is 16.9 Å². The molecule has 9 nitrogen and oxygen atoms in total. The summed E-state index contributed by atoms with van der Waals surface area (Å²) in [4.78, 5) is 21.7. The summed E-state index contributed by atoms with van der Waals surface area (Å²) >= 11 is 0. The van der Waals surface area contributed by atoms with E-state index in [9.17, 15) is 18.0 Å². The molecule has 10 heteroatoms. The normalized spacial score (nSPS) is 11.4. The molecular weight excluding hydrogens is 412 g/mol. The van der Waals surface area contributed by atoms with Crippen LogP contribution in [0.4, 0.5) is 4.79 Å². The van der Waals surface area contributed by atoms with Gasteiger partial charge >= 0.3 is 6.16 Å². The van der Waals surface area contributed by atoms with Crippen molar-refractivity contribution in [1.82, 2.24) is 9.45 Å². The van der Waals surface area contributed by atoms with E-state index in [0.717, 1.165) is 10.0 Å². The van der Waals surface area contributed by atoms with Crippen molar-refractivity contribution in [3.05, 3.63) is 78.6 Å². The van der Waals surface area contributed by atoms with Gasteiger partial charge in [-0.15, -0.1) is 0 Å². The van der Waals surface area contributed by atoms with E-state index in [2.05, 4.69) is 4.74 Å². The van der Waals surface area contributed by atoms with Crippen molar-refractivity contribution in [1.29, 1.82) is 0 Å². The number of hydrogen-bond acceptors (Lipinski definition) is 6. The SMILES string of the molecule is O=C(/C=C/c1ccn(S(=O)(=O)c2cccc(-c3ccc(OC(=O)O)cc3)c2)c1)NO. The van der Waals surface area contributed by atoms with Crippen molar-refractivity contribution >= 4 is 28.2 Å². The van der Waals surface area contributed by atoms with Gasteiger partial charge in [-0.3, -0.25) is 10.0 Å². The molecule has 154 valence electrons. The molecule has 0 saturated heterocycles. The number of hydroxylamine groups is 1. The van der Waals surface area contributed by atoms with Crippen LogP contribution in [0.15, 0.2) is 78.0 Å². The molecule has 1 aromatic heterocycles. The maximum Gasteiger partial charge on any atom is 0.511 e. The van der Waals surface area contributed by atoms with Crippen LogP contribution >= 0.6 is 0 Å². The van der Waals surface area contributed by atoms with Crippen LogP contribution in [0.3, 0.4) is 0 Å². The maximum absolute atomic E-state index is 12.9. The Bertz CT molecular complexity index is 1210. The van der Waals surface area contributed by atoms with E-state index in [1.165, 1.54) is 54.3 Å². The van der Waals surface area contributed by atoms with Gasteiger partial charge in [0.15, 0.2) is 0 Å². The second kappa shape index (κ2) is 8.64. The van der Waals surface area contributed by atoms with E-state index in [1.807, 2.05) is 0 Å². The van der Waals surface area contributed by atoms with E-state index < -0.39 is 22.1 Å². The van der Waals surface area contributed by atoms with Crippen LogP contribution in [0.25, 0.3) is 17.2 Å². The number of carbonyl (C=O) groups excluding carboxylic acids is 1. The maximum atomic E-state index is 12.9. The Morgan fingerprint density at radius 1 is 1.03 bits per heavy atom. The predicted octanol–water partition coefficient (Wildman–Crippen LogP) is 2.97. The Morgan fingerprint density at radius 3 is 2.43 bits per heavy atom. The third-order valence-electron chi connectivity index (χ3n) is 4.03. The van der Waals surface area contributed by atoms with Gasteiger partial charge in [-0.1, -0.05) is 24.3 Å². The number of amides is 1. The average molecular weight is 428 g/mol. The molecule has 30 heavy (non-hydrogen) atoms. The molecule has 1 amide bonds. The van der Waals surface area contributed by atoms with Gasteiger partial charge in [0.25, 0.3) is 15.9 Å². The zero-order valence-corrected chi connectivity index (χ0v) is 16.1. The summed E-state index contributed by atoms with van der Waals surface area (Å²) in [5, 5.41) is 17.1. The van der Waals surface area contributed by atoms with Gasteiger partial charge in [-0.25, -0.2) is 22.7 Å².